The smallest absolute Gasteiger partial charge is 0.237 e. The van der Waals surface area contributed by atoms with Gasteiger partial charge in [0.1, 0.15) is 11.9 Å². The maximum absolute atomic E-state index is 11.8. The highest BCUT2D eigenvalue weighted by Crippen LogP contribution is 2.18. The zero-order valence-electron chi connectivity index (χ0n) is 12.2. The van der Waals surface area contributed by atoms with E-state index in [-0.39, 0.29) is 24.4 Å². The van der Waals surface area contributed by atoms with E-state index in [0.29, 0.717) is 13.0 Å². The Hall–Kier alpha value is -0.430. The average Bonchev–Trinajstić information content (AvgIpc) is 2.42. The standard InChI is InChI=1S/C14H21BrN2O2S.ClH/c1-10(19-12-5-3-4-11(15)8-12)9-17-14(18)13(16)6-7-20-2;/h3-5,8,10,13H,6-7,9,16H2,1-2H3,(H,17,18);1H/t10?,13-;/m0./s1. The molecule has 0 saturated heterocycles. The molecule has 7 heteroatoms. The number of rotatable bonds is 8. The van der Waals surface area contributed by atoms with E-state index >= 15 is 0 Å². The Morgan fingerprint density at radius 3 is 2.86 bits per heavy atom. The van der Waals surface area contributed by atoms with Gasteiger partial charge in [-0.25, -0.2) is 0 Å². The molecule has 0 spiro atoms. The molecule has 0 saturated carbocycles. The Labute approximate surface area is 145 Å². The van der Waals surface area contributed by atoms with E-state index in [1.165, 1.54) is 0 Å². The van der Waals surface area contributed by atoms with Gasteiger partial charge in [0.05, 0.1) is 12.6 Å². The fraction of sp³-hybridized carbons (Fsp3) is 0.500. The minimum Gasteiger partial charge on any atom is -0.489 e. The van der Waals surface area contributed by atoms with Gasteiger partial charge in [0.2, 0.25) is 5.91 Å². The molecule has 0 heterocycles. The first-order valence-electron chi connectivity index (χ1n) is 6.47. The summed E-state index contributed by atoms with van der Waals surface area (Å²) in [7, 11) is 0. The molecule has 0 aromatic heterocycles. The summed E-state index contributed by atoms with van der Waals surface area (Å²) in [5.41, 5.74) is 5.79. The molecule has 0 aliphatic heterocycles. The van der Waals surface area contributed by atoms with Gasteiger partial charge in [0.25, 0.3) is 0 Å². The lowest BCUT2D eigenvalue weighted by atomic mass is 10.2. The molecule has 3 N–H and O–H groups in total. The molecule has 1 aromatic carbocycles. The van der Waals surface area contributed by atoms with E-state index in [4.69, 9.17) is 10.5 Å². The zero-order chi connectivity index (χ0) is 15.0. The van der Waals surface area contributed by atoms with Gasteiger partial charge in [-0.15, -0.1) is 12.4 Å². The summed E-state index contributed by atoms with van der Waals surface area (Å²) in [5, 5.41) is 2.82. The summed E-state index contributed by atoms with van der Waals surface area (Å²) in [6.45, 7) is 2.35. The first-order chi connectivity index (χ1) is 9.52. The number of hydrogen-bond acceptors (Lipinski definition) is 4. The normalized spacial score (nSPS) is 13.0. The predicted octanol–water partition coefficient (Wildman–Crippen LogP) is 2.83. The highest BCUT2D eigenvalue weighted by molar-refractivity contribution is 9.10. The Morgan fingerprint density at radius 2 is 2.24 bits per heavy atom. The van der Waals surface area contributed by atoms with Crippen molar-refractivity contribution in [1.29, 1.82) is 0 Å². The number of thioether (sulfide) groups is 1. The van der Waals surface area contributed by atoms with Crippen molar-refractivity contribution >= 4 is 46.0 Å². The summed E-state index contributed by atoms with van der Waals surface area (Å²) in [6.07, 6.45) is 2.58. The van der Waals surface area contributed by atoms with Crippen LogP contribution in [0.3, 0.4) is 0 Å². The Bertz CT molecular complexity index is 437. The van der Waals surface area contributed by atoms with Crippen LogP contribution in [-0.4, -0.2) is 36.6 Å². The lowest BCUT2D eigenvalue weighted by Crippen LogP contribution is -2.44. The minimum atomic E-state index is -0.444. The highest BCUT2D eigenvalue weighted by Gasteiger charge is 2.14. The molecule has 1 aromatic rings. The lowest BCUT2D eigenvalue weighted by molar-refractivity contribution is -0.122. The minimum absolute atomic E-state index is 0. The summed E-state index contributed by atoms with van der Waals surface area (Å²) in [4.78, 5) is 11.8. The van der Waals surface area contributed by atoms with Gasteiger partial charge in [-0.3, -0.25) is 4.79 Å². The maximum atomic E-state index is 11.8. The number of hydrogen-bond donors (Lipinski definition) is 2. The number of nitrogens with two attached hydrogens (primary N) is 1. The van der Waals surface area contributed by atoms with Crippen molar-refractivity contribution in [2.45, 2.75) is 25.5 Å². The number of ether oxygens (including phenoxy) is 1. The van der Waals surface area contributed by atoms with Gasteiger partial charge in [0, 0.05) is 4.47 Å². The molecule has 1 amide bonds. The van der Waals surface area contributed by atoms with E-state index in [2.05, 4.69) is 21.2 Å². The SMILES string of the molecule is CSCC[C@H](N)C(=O)NCC(C)Oc1cccc(Br)c1.Cl. The second kappa shape index (κ2) is 11.2. The van der Waals surface area contributed by atoms with E-state index < -0.39 is 6.04 Å². The lowest BCUT2D eigenvalue weighted by Gasteiger charge is -2.17. The molecule has 4 nitrogen and oxygen atoms in total. The monoisotopic (exact) mass is 396 g/mol. The second-order valence-electron chi connectivity index (χ2n) is 4.52. The summed E-state index contributed by atoms with van der Waals surface area (Å²) < 4.78 is 6.68. The number of halogens is 2. The van der Waals surface area contributed by atoms with Gasteiger partial charge in [-0.05, 0) is 43.6 Å². The predicted molar refractivity (Wildman–Crippen MR) is 95.5 cm³/mol. The molecule has 0 aliphatic rings. The van der Waals surface area contributed by atoms with Gasteiger partial charge >= 0.3 is 0 Å². The van der Waals surface area contributed by atoms with Crippen molar-refractivity contribution in [3.05, 3.63) is 28.7 Å². The van der Waals surface area contributed by atoms with Crippen LogP contribution in [0, 0.1) is 0 Å². The highest BCUT2D eigenvalue weighted by atomic mass is 79.9. The molecular weight excluding hydrogens is 376 g/mol. The molecule has 0 radical (unpaired) electrons. The van der Waals surface area contributed by atoms with E-state index in [1.54, 1.807) is 11.8 Å². The quantitative estimate of drug-likeness (QED) is 0.708. The van der Waals surface area contributed by atoms with Crippen LogP contribution in [0.1, 0.15) is 13.3 Å². The molecule has 0 fully saturated rings. The number of amides is 1. The van der Waals surface area contributed by atoms with Crippen molar-refractivity contribution in [2.75, 3.05) is 18.6 Å². The topological polar surface area (TPSA) is 64.4 Å². The first kappa shape index (κ1) is 20.6. The van der Waals surface area contributed by atoms with Crippen LogP contribution in [0.25, 0.3) is 0 Å². The van der Waals surface area contributed by atoms with Crippen molar-refractivity contribution in [2.24, 2.45) is 5.73 Å². The second-order valence-corrected chi connectivity index (χ2v) is 6.42. The molecule has 0 bridgehead atoms. The van der Waals surface area contributed by atoms with E-state index in [9.17, 15) is 4.79 Å². The molecular formula is C14H22BrClN2O2S. The van der Waals surface area contributed by atoms with Crippen LogP contribution in [0.4, 0.5) is 0 Å². The van der Waals surface area contributed by atoms with Crippen LogP contribution in [0.2, 0.25) is 0 Å². The largest absolute Gasteiger partial charge is 0.489 e. The van der Waals surface area contributed by atoms with Gasteiger partial charge < -0.3 is 15.8 Å². The Kier molecular flexibility index (Phi) is 11.0. The van der Waals surface area contributed by atoms with Crippen molar-refractivity contribution in [1.82, 2.24) is 5.32 Å². The third-order valence-electron chi connectivity index (χ3n) is 2.67. The van der Waals surface area contributed by atoms with Crippen molar-refractivity contribution in [3.63, 3.8) is 0 Å². The van der Waals surface area contributed by atoms with Crippen LogP contribution < -0.4 is 15.8 Å². The molecule has 21 heavy (non-hydrogen) atoms. The van der Waals surface area contributed by atoms with Crippen molar-refractivity contribution in [3.8, 4) is 5.75 Å². The van der Waals surface area contributed by atoms with E-state index in [0.717, 1.165) is 16.0 Å². The number of carbonyl (C=O) groups is 1. The zero-order valence-corrected chi connectivity index (χ0v) is 15.4. The fourth-order valence-electron chi connectivity index (χ4n) is 1.57. The first-order valence-corrected chi connectivity index (χ1v) is 8.66. The Morgan fingerprint density at radius 1 is 1.52 bits per heavy atom. The summed E-state index contributed by atoms with van der Waals surface area (Å²) in [5.74, 6) is 1.54. The average molecular weight is 398 g/mol. The molecule has 120 valence electrons. The third kappa shape index (κ3) is 8.56. The van der Waals surface area contributed by atoms with Gasteiger partial charge in [0.15, 0.2) is 0 Å². The van der Waals surface area contributed by atoms with Crippen LogP contribution in [-0.2, 0) is 4.79 Å². The summed E-state index contributed by atoms with van der Waals surface area (Å²) >= 11 is 5.07. The van der Waals surface area contributed by atoms with Crippen LogP contribution in [0.5, 0.6) is 5.75 Å². The molecule has 0 aliphatic carbocycles. The molecule has 2 atom stereocenters. The molecule has 1 rings (SSSR count). The number of nitrogens with one attached hydrogen (secondary N) is 1. The van der Waals surface area contributed by atoms with Gasteiger partial charge in [-0.1, -0.05) is 22.0 Å². The Balaban J connectivity index is 0.00000400. The van der Waals surface area contributed by atoms with Gasteiger partial charge in [-0.2, -0.15) is 11.8 Å². The summed E-state index contributed by atoms with van der Waals surface area (Å²) in [6, 6.07) is 7.17. The fourth-order valence-corrected chi connectivity index (χ4v) is 2.43. The third-order valence-corrected chi connectivity index (χ3v) is 3.80. The number of carbonyl (C=O) groups excluding carboxylic acids is 1. The van der Waals surface area contributed by atoms with Crippen LogP contribution in [0.15, 0.2) is 28.7 Å². The molecule has 1 unspecified atom stereocenters. The maximum Gasteiger partial charge on any atom is 0.237 e. The number of benzene rings is 1. The van der Waals surface area contributed by atoms with Crippen LogP contribution >= 0.6 is 40.1 Å². The van der Waals surface area contributed by atoms with E-state index in [1.807, 2.05) is 37.4 Å². The van der Waals surface area contributed by atoms with Crippen molar-refractivity contribution < 1.29 is 9.53 Å².